The van der Waals surface area contributed by atoms with Gasteiger partial charge in [0.15, 0.2) is 0 Å². The number of carbonyl (C=O) groups excluding carboxylic acids is 1. The Balaban J connectivity index is 3.86. The van der Waals surface area contributed by atoms with Gasteiger partial charge in [-0.25, -0.2) is 0 Å². The highest BCUT2D eigenvalue weighted by Gasteiger charge is 2.14. The Morgan fingerprint density at radius 1 is 1.53 bits per heavy atom. The molecule has 0 aliphatic carbocycles. The standard InChI is InChI=1S/C11H24N2O3S/c1-4-16-10(8-12)7-11(14)13-9(2)5-6-17(3)15/h9-10H,4-8,12H2,1-3H3,(H,13,14). The highest BCUT2D eigenvalue weighted by molar-refractivity contribution is 7.84. The Hall–Kier alpha value is -0.460. The van der Waals surface area contributed by atoms with Gasteiger partial charge in [0.1, 0.15) is 0 Å². The molecule has 0 heterocycles. The summed E-state index contributed by atoms with van der Waals surface area (Å²) in [5, 5.41) is 2.85. The highest BCUT2D eigenvalue weighted by atomic mass is 32.2. The number of nitrogens with two attached hydrogens (primary N) is 1. The van der Waals surface area contributed by atoms with E-state index in [9.17, 15) is 9.00 Å². The largest absolute Gasteiger partial charge is 0.377 e. The molecule has 0 aliphatic heterocycles. The number of amides is 1. The van der Waals surface area contributed by atoms with Crippen LogP contribution in [0.4, 0.5) is 0 Å². The maximum atomic E-state index is 11.6. The molecule has 0 saturated carbocycles. The molecule has 0 aromatic heterocycles. The number of ether oxygens (including phenoxy) is 1. The van der Waals surface area contributed by atoms with Gasteiger partial charge in [0.2, 0.25) is 5.91 Å². The van der Waals surface area contributed by atoms with Crippen LogP contribution in [0.5, 0.6) is 0 Å². The first-order valence-electron chi connectivity index (χ1n) is 5.90. The molecular weight excluding hydrogens is 240 g/mol. The summed E-state index contributed by atoms with van der Waals surface area (Å²) in [6, 6.07) is 0.0338. The minimum Gasteiger partial charge on any atom is -0.377 e. The van der Waals surface area contributed by atoms with Gasteiger partial charge in [-0.05, 0) is 20.3 Å². The Morgan fingerprint density at radius 2 is 2.18 bits per heavy atom. The molecule has 0 aromatic carbocycles. The Bertz CT molecular complexity index is 249. The minimum absolute atomic E-state index is 0.0338. The molecule has 6 heteroatoms. The van der Waals surface area contributed by atoms with E-state index in [0.29, 0.717) is 18.9 Å². The summed E-state index contributed by atoms with van der Waals surface area (Å²) in [6.07, 6.45) is 2.45. The minimum atomic E-state index is -0.812. The van der Waals surface area contributed by atoms with Crippen molar-refractivity contribution in [2.75, 3.05) is 25.2 Å². The predicted octanol–water partition coefficient (Wildman–Crippen LogP) is 0.0136. The summed E-state index contributed by atoms with van der Waals surface area (Å²) >= 11 is 0. The number of rotatable bonds is 9. The maximum absolute atomic E-state index is 11.6. The third-order valence-electron chi connectivity index (χ3n) is 2.32. The number of nitrogens with one attached hydrogen (secondary N) is 1. The van der Waals surface area contributed by atoms with Crippen LogP contribution in [0.15, 0.2) is 0 Å². The summed E-state index contributed by atoms with van der Waals surface area (Å²) in [5.41, 5.74) is 5.49. The average Bonchev–Trinajstić information content (AvgIpc) is 2.25. The second-order valence-corrected chi connectivity index (χ2v) is 5.61. The molecule has 0 aliphatic rings. The fraction of sp³-hybridized carbons (Fsp3) is 0.909. The second-order valence-electron chi connectivity index (χ2n) is 4.05. The molecule has 102 valence electrons. The van der Waals surface area contributed by atoms with Crippen LogP contribution in [0.2, 0.25) is 0 Å². The molecule has 3 atom stereocenters. The zero-order valence-electron chi connectivity index (χ0n) is 10.9. The van der Waals surface area contributed by atoms with Gasteiger partial charge in [0.05, 0.1) is 12.5 Å². The Labute approximate surface area is 106 Å². The first-order valence-corrected chi connectivity index (χ1v) is 7.63. The van der Waals surface area contributed by atoms with E-state index in [0.717, 1.165) is 6.42 Å². The van der Waals surface area contributed by atoms with E-state index in [4.69, 9.17) is 10.5 Å². The fourth-order valence-corrected chi connectivity index (χ4v) is 2.09. The van der Waals surface area contributed by atoms with E-state index in [-0.39, 0.29) is 24.5 Å². The predicted molar refractivity (Wildman–Crippen MR) is 70.2 cm³/mol. The van der Waals surface area contributed by atoms with Crippen LogP contribution >= 0.6 is 0 Å². The molecule has 0 aromatic rings. The molecule has 0 fully saturated rings. The van der Waals surface area contributed by atoms with E-state index in [1.165, 1.54) is 0 Å². The number of hydrogen-bond acceptors (Lipinski definition) is 4. The topological polar surface area (TPSA) is 81.4 Å². The zero-order valence-corrected chi connectivity index (χ0v) is 11.7. The first kappa shape index (κ1) is 16.5. The average molecular weight is 264 g/mol. The summed E-state index contributed by atoms with van der Waals surface area (Å²) in [7, 11) is -0.812. The Morgan fingerprint density at radius 3 is 2.65 bits per heavy atom. The lowest BCUT2D eigenvalue weighted by molar-refractivity contribution is -0.124. The van der Waals surface area contributed by atoms with Gasteiger partial charge < -0.3 is 15.8 Å². The van der Waals surface area contributed by atoms with E-state index in [1.807, 2.05) is 13.8 Å². The van der Waals surface area contributed by atoms with Crippen LogP contribution in [0.3, 0.4) is 0 Å². The van der Waals surface area contributed by atoms with E-state index in [1.54, 1.807) is 6.26 Å². The van der Waals surface area contributed by atoms with Crippen molar-refractivity contribution in [3.05, 3.63) is 0 Å². The summed E-state index contributed by atoms with van der Waals surface area (Å²) in [4.78, 5) is 11.6. The monoisotopic (exact) mass is 264 g/mol. The van der Waals surface area contributed by atoms with Crippen LogP contribution in [-0.4, -0.2) is 47.4 Å². The summed E-state index contributed by atoms with van der Waals surface area (Å²) < 4.78 is 16.2. The SMILES string of the molecule is CCOC(CN)CC(=O)NC(C)CCS(C)=O. The van der Waals surface area contributed by atoms with Gasteiger partial charge in [-0.3, -0.25) is 9.00 Å². The van der Waals surface area contributed by atoms with E-state index >= 15 is 0 Å². The molecule has 1 amide bonds. The normalized spacial score (nSPS) is 16.2. The van der Waals surface area contributed by atoms with Crippen molar-refractivity contribution in [2.45, 2.75) is 38.8 Å². The molecular formula is C11H24N2O3S. The van der Waals surface area contributed by atoms with Gasteiger partial charge in [0, 0.05) is 42.0 Å². The van der Waals surface area contributed by atoms with Gasteiger partial charge in [-0.1, -0.05) is 0 Å². The van der Waals surface area contributed by atoms with Crippen LogP contribution in [0, 0.1) is 0 Å². The number of carbonyl (C=O) groups is 1. The van der Waals surface area contributed by atoms with Crippen molar-refractivity contribution < 1.29 is 13.7 Å². The van der Waals surface area contributed by atoms with Crippen molar-refractivity contribution in [2.24, 2.45) is 5.73 Å². The van der Waals surface area contributed by atoms with E-state index in [2.05, 4.69) is 5.32 Å². The number of hydrogen-bond donors (Lipinski definition) is 2. The lowest BCUT2D eigenvalue weighted by atomic mass is 10.2. The van der Waals surface area contributed by atoms with Crippen molar-refractivity contribution in [1.82, 2.24) is 5.32 Å². The van der Waals surface area contributed by atoms with Crippen molar-refractivity contribution >= 4 is 16.7 Å². The molecule has 17 heavy (non-hydrogen) atoms. The third-order valence-corrected chi connectivity index (χ3v) is 3.13. The molecule has 0 radical (unpaired) electrons. The smallest absolute Gasteiger partial charge is 0.222 e. The van der Waals surface area contributed by atoms with Crippen molar-refractivity contribution in [3.8, 4) is 0 Å². The molecule has 5 nitrogen and oxygen atoms in total. The Kier molecular flexibility index (Phi) is 9.30. The molecule has 0 bridgehead atoms. The quantitative estimate of drug-likeness (QED) is 0.615. The van der Waals surface area contributed by atoms with Gasteiger partial charge >= 0.3 is 0 Å². The molecule has 3 N–H and O–H groups in total. The van der Waals surface area contributed by atoms with Crippen molar-refractivity contribution in [1.29, 1.82) is 0 Å². The van der Waals surface area contributed by atoms with Gasteiger partial charge in [0.25, 0.3) is 0 Å². The highest BCUT2D eigenvalue weighted by Crippen LogP contribution is 1.99. The molecule has 0 rings (SSSR count). The van der Waals surface area contributed by atoms with E-state index < -0.39 is 10.8 Å². The van der Waals surface area contributed by atoms with Crippen LogP contribution in [-0.2, 0) is 20.3 Å². The molecule has 0 saturated heterocycles. The zero-order chi connectivity index (χ0) is 13.3. The van der Waals surface area contributed by atoms with Crippen LogP contribution < -0.4 is 11.1 Å². The first-order chi connectivity index (χ1) is 7.99. The lowest BCUT2D eigenvalue weighted by Crippen LogP contribution is -2.37. The van der Waals surface area contributed by atoms with Crippen LogP contribution in [0.25, 0.3) is 0 Å². The summed E-state index contributed by atoms with van der Waals surface area (Å²) in [6.45, 7) is 4.68. The van der Waals surface area contributed by atoms with Crippen LogP contribution in [0.1, 0.15) is 26.7 Å². The third kappa shape index (κ3) is 9.26. The lowest BCUT2D eigenvalue weighted by Gasteiger charge is -2.17. The van der Waals surface area contributed by atoms with Gasteiger partial charge in [-0.2, -0.15) is 0 Å². The molecule has 0 spiro atoms. The molecule has 3 unspecified atom stereocenters. The second kappa shape index (κ2) is 9.56. The fourth-order valence-electron chi connectivity index (χ4n) is 1.40. The van der Waals surface area contributed by atoms with Crippen molar-refractivity contribution in [3.63, 3.8) is 0 Å². The van der Waals surface area contributed by atoms with Gasteiger partial charge in [-0.15, -0.1) is 0 Å². The summed E-state index contributed by atoms with van der Waals surface area (Å²) in [5.74, 6) is 0.538. The maximum Gasteiger partial charge on any atom is 0.222 e.